The van der Waals surface area contributed by atoms with Crippen molar-refractivity contribution in [2.24, 2.45) is 10.9 Å². The zero-order chi connectivity index (χ0) is 14.7. The molecule has 0 aliphatic carbocycles. The molecule has 1 aromatic carbocycles. The van der Waals surface area contributed by atoms with Gasteiger partial charge in [0, 0.05) is 16.8 Å². The molecule has 20 heavy (non-hydrogen) atoms. The molecule has 2 rings (SSSR count). The highest BCUT2D eigenvalue weighted by molar-refractivity contribution is 6.36. The van der Waals surface area contributed by atoms with Gasteiger partial charge in [-0.15, -0.1) is 0 Å². The molecule has 0 radical (unpaired) electrons. The van der Waals surface area contributed by atoms with Gasteiger partial charge < -0.3 is 15.7 Å². The number of halogens is 3. The van der Waals surface area contributed by atoms with E-state index in [9.17, 15) is 0 Å². The summed E-state index contributed by atoms with van der Waals surface area (Å²) in [6, 6.07) is 6.22. The summed E-state index contributed by atoms with van der Waals surface area (Å²) >= 11 is 17.9. The number of nitrogens with two attached hydrogens (primary N) is 1. The molecule has 1 aromatic heterocycles. The van der Waals surface area contributed by atoms with Crippen molar-refractivity contribution in [2.75, 3.05) is 0 Å². The molecular formula is C12H8Cl3N3O2. The van der Waals surface area contributed by atoms with Crippen LogP contribution in [0.5, 0.6) is 11.6 Å². The van der Waals surface area contributed by atoms with Gasteiger partial charge in [-0.05, 0) is 24.3 Å². The lowest BCUT2D eigenvalue weighted by Gasteiger charge is -2.10. The maximum atomic E-state index is 8.68. The van der Waals surface area contributed by atoms with E-state index in [-0.39, 0.29) is 16.7 Å². The number of oxime groups is 1. The highest BCUT2D eigenvalue weighted by Gasteiger charge is 2.14. The van der Waals surface area contributed by atoms with Crippen LogP contribution in [-0.4, -0.2) is 16.0 Å². The lowest BCUT2D eigenvalue weighted by atomic mass is 10.2. The molecule has 0 atom stereocenters. The van der Waals surface area contributed by atoms with E-state index in [1.54, 1.807) is 12.1 Å². The summed E-state index contributed by atoms with van der Waals surface area (Å²) in [6.45, 7) is 0. The highest BCUT2D eigenvalue weighted by Crippen LogP contribution is 2.34. The number of ether oxygens (including phenoxy) is 1. The molecule has 0 amide bonds. The topological polar surface area (TPSA) is 80.7 Å². The van der Waals surface area contributed by atoms with Crippen LogP contribution in [0.2, 0.25) is 15.1 Å². The third kappa shape index (κ3) is 3.07. The van der Waals surface area contributed by atoms with Crippen molar-refractivity contribution >= 4 is 40.6 Å². The summed E-state index contributed by atoms with van der Waals surface area (Å²) in [7, 11) is 0. The summed E-state index contributed by atoms with van der Waals surface area (Å²) in [5.41, 5.74) is 5.79. The molecule has 3 N–H and O–H groups in total. The van der Waals surface area contributed by atoms with Crippen molar-refractivity contribution in [3.63, 3.8) is 0 Å². The van der Waals surface area contributed by atoms with E-state index in [1.807, 2.05) is 0 Å². The molecule has 0 spiro atoms. The zero-order valence-corrected chi connectivity index (χ0v) is 12.1. The molecule has 0 fully saturated rings. The van der Waals surface area contributed by atoms with Crippen LogP contribution in [0.1, 0.15) is 5.56 Å². The van der Waals surface area contributed by atoms with Crippen LogP contribution >= 0.6 is 34.8 Å². The molecule has 8 heteroatoms. The lowest BCUT2D eigenvalue weighted by Crippen LogP contribution is -2.14. The van der Waals surface area contributed by atoms with E-state index in [0.29, 0.717) is 21.4 Å². The Labute approximate surface area is 129 Å². The maximum Gasteiger partial charge on any atom is 0.238 e. The van der Waals surface area contributed by atoms with Gasteiger partial charge in [0.1, 0.15) is 10.8 Å². The van der Waals surface area contributed by atoms with Gasteiger partial charge in [0.15, 0.2) is 5.84 Å². The fourth-order valence-corrected chi connectivity index (χ4v) is 2.10. The van der Waals surface area contributed by atoms with Crippen LogP contribution in [0.15, 0.2) is 35.6 Å². The Morgan fingerprint density at radius 1 is 1.25 bits per heavy atom. The van der Waals surface area contributed by atoms with Crippen molar-refractivity contribution in [3.05, 3.63) is 51.1 Å². The number of rotatable bonds is 3. The van der Waals surface area contributed by atoms with Gasteiger partial charge in [0.05, 0.1) is 5.02 Å². The molecule has 0 saturated carbocycles. The van der Waals surface area contributed by atoms with Gasteiger partial charge in [0.2, 0.25) is 5.88 Å². The van der Waals surface area contributed by atoms with Crippen molar-refractivity contribution in [2.45, 2.75) is 0 Å². The van der Waals surface area contributed by atoms with Gasteiger partial charge in [-0.1, -0.05) is 40.0 Å². The standard InChI is InChI=1S/C12H8Cl3N3O2/c13-6-1-2-9(8(14)5-6)20-12-10(15)7(3-4-17-12)11(16)18-19/h1-5,19H,(H2,16,18). The Balaban J connectivity index is 2.39. The minimum Gasteiger partial charge on any atom is -0.436 e. The molecule has 0 aliphatic rings. The molecule has 0 bridgehead atoms. The van der Waals surface area contributed by atoms with Crippen LogP contribution in [0.3, 0.4) is 0 Å². The summed E-state index contributed by atoms with van der Waals surface area (Å²) in [5.74, 6) is 0.270. The number of nitrogens with zero attached hydrogens (tertiary/aromatic N) is 2. The third-order valence-corrected chi connectivity index (χ3v) is 3.24. The van der Waals surface area contributed by atoms with E-state index in [2.05, 4.69) is 10.1 Å². The molecule has 0 unspecified atom stereocenters. The van der Waals surface area contributed by atoms with E-state index >= 15 is 0 Å². The summed E-state index contributed by atoms with van der Waals surface area (Å²) < 4.78 is 5.50. The fraction of sp³-hybridized carbons (Fsp3) is 0. The lowest BCUT2D eigenvalue weighted by molar-refractivity contribution is 0.318. The fourth-order valence-electron chi connectivity index (χ4n) is 1.41. The average molecular weight is 333 g/mol. The van der Waals surface area contributed by atoms with Crippen molar-refractivity contribution in [1.29, 1.82) is 0 Å². The summed E-state index contributed by atoms with van der Waals surface area (Å²) in [6.07, 6.45) is 1.42. The molecular weight excluding hydrogens is 325 g/mol. The smallest absolute Gasteiger partial charge is 0.238 e. The van der Waals surface area contributed by atoms with E-state index in [1.165, 1.54) is 18.3 Å². The number of amidine groups is 1. The van der Waals surface area contributed by atoms with Crippen molar-refractivity contribution in [3.8, 4) is 11.6 Å². The first-order valence-electron chi connectivity index (χ1n) is 5.28. The molecule has 5 nitrogen and oxygen atoms in total. The Bertz CT molecular complexity index is 677. The first-order chi connectivity index (χ1) is 9.52. The minimum absolute atomic E-state index is 0.0833. The van der Waals surface area contributed by atoms with Crippen LogP contribution in [0.25, 0.3) is 0 Å². The largest absolute Gasteiger partial charge is 0.436 e. The van der Waals surface area contributed by atoms with Gasteiger partial charge in [-0.3, -0.25) is 0 Å². The van der Waals surface area contributed by atoms with Gasteiger partial charge >= 0.3 is 0 Å². The zero-order valence-electron chi connectivity index (χ0n) is 9.85. The van der Waals surface area contributed by atoms with Crippen molar-refractivity contribution < 1.29 is 9.94 Å². The Hall–Kier alpha value is -1.69. The van der Waals surface area contributed by atoms with Gasteiger partial charge in [0.25, 0.3) is 0 Å². The Kier molecular flexibility index (Phi) is 4.54. The number of benzene rings is 1. The van der Waals surface area contributed by atoms with E-state index in [0.717, 1.165) is 0 Å². The second-order valence-corrected chi connectivity index (χ2v) is 4.86. The number of pyridine rings is 1. The van der Waals surface area contributed by atoms with Crippen LogP contribution in [0, 0.1) is 0 Å². The Morgan fingerprint density at radius 2 is 2.00 bits per heavy atom. The molecule has 0 saturated heterocycles. The predicted molar refractivity (Wildman–Crippen MR) is 78.3 cm³/mol. The summed E-state index contributed by atoms with van der Waals surface area (Å²) in [5, 5.41) is 12.4. The van der Waals surface area contributed by atoms with Crippen LogP contribution in [-0.2, 0) is 0 Å². The van der Waals surface area contributed by atoms with E-state index in [4.69, 9.17) is 50.5 Å². The van der Waals surface area contributed by atoms with Crippen LogP contribution < -0.4 is 10.5 Å². The van der Waals surface area contributed by atoms with Crippen molar-refractivity contribution in [1.82, 2.24) is 4.98 Å². The highest BCUT2D eigenvalue weighted by atomic mass is 35.5. The quantitative estimate of drug-likeness (QED) is 0.386. The van der Waals surface area contributed by atoms with E-state index < -0.39 is 0 Å². The van der Waals surface area contributed by atoms with Gasteiger partial charge in [-0.25, -0.2) is 4.98 Å². The number of hydrogen-bond donors (Lipinski definition) is 2. The van der Waals surface area contributed by atoms with Crippen LogP contribution in [0.4, 0.5) is 0 Å². The monoisotopic (exact) mass is 331 g/mol. The van der Waals surface area contributed by atoms with Gasteiger partial charge in [-0.2, -0.15) is 0 Å². The summed E-state index contributed by atoms with van der Waals surface area (Å²) in [4.78, 5) is 3.98. The second kappa shape index (κ2) is 6.17. The molecule has 2 aromatic rings. The molecule has 0 aliphatic heterocycles. The predicted octanol–water partition coefficient (Wildman–Crippen LogP) is 3.93. The number of aromatic nitrogens is 1. The first kappa shape index (κ1) is 14.7. The number of hydrogen-bond acceptors (Lipinski definition) is 4. The SMILES string of the molecule is N/C(=N/O)c1ccnc(Oc2ccc(Cl)cc2Cl)c1Cl. The molecule has 104 valence electrons. The third-order valence-electron chi connectivity index (χ3n) is 2.34. The minimum atomic E-state index is -0.149. The molecule has 1 heterocycles. The maximum absolute atomic E-state index is 8.68. The normalized spacial score (nSPS) is 11.4. The second-order valence-electron chi connectivity index (χ2n) is 3.64. The first-order valence-corrected chi connectivity index (χ1v) is 6.41. The average Bonchev–Trinajstić information content (AvgIpc) is 2.43. The Morgan fingerprint density at radius 3 is 2.65 bits per heavy atom.